The summed E-state index contributed by atoms with van der Waals surface area (Å²) in [6, 6.07) is -0.0161. The molecule has 2 N–H and O–H groups in total. The molecule has 0 aliphatic heterocycles. The number of sulfonamides is 1. The van der Waals surface area contributed by atoms with Gasteiger partial charge in [-0.15, -0.1) is 0 Å². The van der Waals surface area contributed by atoms with Gasteiger partial charge >= 0.3 is 0 Å². The fourth-order valence-electron chi connectivity index (χ4n) is 2.21. The molecule has 0 bridgehead atoms. The molecule has 1 atom stereocenters. The minimum Gasteiger partial charge on any atom is -0.315 e. The fourth-order valence-corrected chi connectivity index (χ4v) is 3.42. The highest BCUT2D eigenvalue weighted by atomic mass is 32.2. The highest BCUT2D eigenvalue weighted by Gasteiger charge is 2.26. The summed E-state index contributed by atoms with van der Waals surface area (Å²) in [6.45, 7) is 6.30. The second-order valence-electron chi connectivity index (χ2n) is 5.49. The highest BCUT2D eigenvalue weighted by molar-refractivity contribution is 7.89. The maximum Gasteiger partial charge on any atom is 0.243 e. The van der Waals surface area contributed by atoms with Gasteiger partial charge in [0.2, 0.25) is 10.0 Å². The summed E-state index contributed by atoms with van der Waals surface area (Å²) in [4.78, 5) is 0.247. The van der Waals surface area contributed by atoms with Gasteiger partial charge in [0, 0.05) is 18.8 Å². The van der Waals surface area contributed by atoms with Crippen LogP contribution in [0.25, 0.3) is 0 Å². The SMILES string of the molecule is CCNCCn1cc(S(=O)(=O)NC(C)CC2CC2)cn1. The minimum absolute atomic E-state index is 0.0161. The molecule has 0 spiro atoms. The van der Waals surface area contributed by atoms with Gasteiger partial charge in [0.15, 0.2) is 0 Å². The third-order valence-electron chi connectivity index (χ3n) is 3.43. The minimum atomic E-state index is -3.44. The van der Waals surface area contributed by atoms with E-state index in [1.54, 1.807) is 10.9 Å². The molecule has 1 unspecified atom stereocenters. The number of nitrogens with zero attached hydrogens (tertiary/aromatic N) is 2. The standard InChI is InChI=1S/C13H24N4O2S/c1-3-14-6-7-17-10-13(9-15-17)20(18,19)16-11(2)8-12-4-5-12/h9-12,14,16H,3-8H2,1-2H3. The van der Waals surface area contributed by atoms with Gasteiger partial charge in [-0.25, -0.2) is 13.1 Å². The lowest BCUT2D eigenvalue weighted by Crippen LogP contribution is -2.32. The second-order valence-corrected chi connectivity index (χ2v) is 7.21. The van der Waals surface area contributed by atoms with Gasteiger partial charge in [-0.05, 0) is 25.8 Å². The average molecular weight is 300 g/mol. The lowest BCUT2D eigenvalue weighted by atomic mass is 10.2. The van der Waals surface area contributed by atoms with Crippen LogP contribution < -0.4 is 10.0 Å². The van der Waals surface area contributed by atoms with Crippen molar-refractivity contribution in [3.8, 4) is 0 Å². The van der Waals surface area contributed by atoms with E-state index in [1.165, 1.54) is 19.0 Å². The Bertz CT molecular complexity index is 522. The van der Waals surface area contributed by atoms with Crippen LogP contribution in [0.4, 0.5) is 0 Å². The van der Waals surface area contributed by atoms with Crippen LogP contribution >= 0.6 is 0 Å². The molecular formula is C13H24N4O2S. The summed E-state index contributed by atoms with van der Waals surface area (Å²) in [6.07, 6.45) is 6.39. The zero-order valence-electron chi connectivity index (χ0n) is 12.2. The molecule has 2 rings (SSSR count). The molecule has 0 aromatic carbocycles. The average Bonchev–Trinajstić information content (AvgIpc) is 3.04. The zero-order valence-corrected chi connectivity index (χ0v) is 13.0. The smallest absolute Gasteiger partial charge is 0.243 e. The predicted octanol–water partition coefficient (Wildman–Crippen LogP) is 0.960. The number of hydrogen-bond acceptors (Lipinski definition) is 4. The van der Waals surface area contributed by atoms with Crippen LogP contribution in [-0.4, -0.2) is 37.3 Å². The molecule has 1 aromatic heterocycles. The molecule has 1 saturated carbocycles. The molecule has 1 aliphatic carbocycles. The van der Waals surface area contributed by atoms with Gasteiger partial charge in [-0.3, -0.25) is 4.68 Å². The van der Waals surface area contributed by atoms with Crippen molar-refractivity contribution in [2.75, 3.05) is 13.1 Å². The Morgan fingerprint density at radius 3 is 2.90 bits per heavy atom. The summed E-state index contributed by atoms with van der Waals surface area (Å²) < 4.78 is 28.8. The molecule has 0 amide bonds. The Morgan fingerprint density at radius 1 is 1.50 bits per heavy atom. The Balaban J connectivity index is 1.90. The Kier molecular flexibility index (Phi) is 5.17. The van der Waals surface area contributed by atoms with E-state index in [9.17, 15) is 8.42 Å². The van der Waals surface area contributed by atoms with Crippen LogP contribution in [-0.2, 0) is 16.6 Å². The number of aromatic nitrogens is 2. The van der Waals surface area contributed by atoms with Crippen LogP contribution in [0, 0.1) is 5.92 Å². The second kappa shape index (κ2) is 6.69. The van der Waals surface area contributed by atoms with Crippen molar-refractivity contribution in [2.24, 2.45) is 5.92 Å². The number of likely N-dealkylation sites (N-methyl/N-ethyl adjacent to an activating group) is 1. The van der Waals surface area contributed by atoms with E-state index < -0.39 is 10.0 Å². The predicted molar refractivity (Wildman–Crippen MR) is 77.9 cm³/mol. The van der Waals surface area contributed by atoms with E-state index in [-0.39, 0.29) is 10.9 Å². The molecule has 1 heterocycles. The van der Waals surface area contributed by atoms with Crippen molar-refractivity contribution in [1.29, 1.82) is 0 Å². The normalized spacial score (nSPS) is 17.3. The van der Waals surface area contributed by atoms with E-state index >= 15 is 0 Å². The van der Waals surface area contributed by atoms with E-state index in [4.69, 9.17) is 0 Å². The molecule has 6 nitrogen and oxygen atoms in total. The number of rotatable bonds is 9. The first kappa shape index (κ1) is 15.5. The molecule has 1 aromatic rings. The van der Waals surface area contributed by atoms with Gasteiger partial charge in [-0.1, -0.05) is 19.8 Å². The molecule has 7 heteroatoms. The van der Waals surface area contributed by atoms with Gasteiger partial charge in [0.25, 0.3) is 0 Å². The van der Waals surface area contributed by atoms with E-state index in [1.807, 2.05) is 13.8 Å². The third kappa shape index (κ3) is 4.57. The largest absolute Gasteiger partial charge is 0.315 e. The van der Waals surface area contributed by atoms with E-state index in [0.717, 1.165) is 19.5 Å². The summed E-state index contributed by atoms with van der Waals surface area (Å²) in [5.74, 6) is 0.704. The maximum absolute atomic E-state index is 12.2. The molecular weight excluding hydrogens is 276 g/mol. The van der Waals surface area contributed by atoms with Crippen LogP contribution in [0.5, 0.6) is 0 Å². The summed E-state index contributed by atoms with van der Waals surface area (Å²) in [5, 5.41) is 7.27. The van der Waals surface area contributed by atoms with Crippen molar-refractivity contribution < 1.29 is 8.42 Å². The lowest BCUT2D eigenvalue weighted by Gasteiger charge is -2.12. The maximum atomic E-state index is 12.2. The first-order valence-electron chi connectivity index (χ1n) is 7.26. The van der Waals surface area contributed by atoms with Crippen molar-refractivity contribution in [3.05, 3.63) is 12.4 Å². The monoisotopic (exact) mass is 300 g/mol. The first-order valence-corrected chi connectivity index (χ1v) is 8.75. The van der Waals surface area contributed by atoms with Crippen LogP contribution in [0.1, 0.15) is 33.1 Å². The van der Waals surface area contributed by atoms with E-state index in [0.29, 0.717) is 12.5 Å². The van der Waals surface area contributed by atoms with Gasteiger partial charge < -0.3 is 5.32 Å². The van der Waals surface area contributed by atoms with Crippen LogP contribution in [0.2, 0.25) is 0 Å². The number of hydrogen-bond donors (Lipinski definition) is 2. The van der Waals surface area contributed by atoms with Crippen LogP contribution in [0.3, 0.4) is 0 Å². The first-order chi connectivity index (χ1) is 9.51. The van der Waals surface area contributed by atoms with Crippen molar-refractivity contribution in [3.63, 3.8) is 0 Å². The summed E-state index contributed by atoms with van der Waals surface area (Å²) in [5.41, 5.74) is 0. The van der Waals surface area contributed by atoms with Gasteiger partial charge in [0.05, 0.1) is 12.7 Å². The van der Waals surface area contributed by atoms with Crippen molar-refractivity contribution in [2.45, 2.75) is 50.6 Å². The van der Waals surface area contributed by atoms with Gasteiger partial charge in [0.1, 0.15) is 4.90 Å². The number of nitrogens with one attached hydrogen (secondary N) is 2. The fraction of sp³-hybridized carbons (Fsp3) is 0.769. The molecule has 20 heavy (non-hydrogen) atoms. The van der Waals surface area contributed by atoms with Gasteiger partial charge in [-0.2, -0.15) is 5.10 Å². The Labute approximate surface area is 121 Å². The Hall–Kier alpha value is -0.920. The highest BCUT2D eigenvalue weighted by Crippen LogP contribution is 2.33. The Morgan fingerprint density at radius 2 is 2.25 bits per heavy atom. The molecule has 1 fully saturated rings. The van der Waals surface area contributed by atoms with Crippen molar-refractivity contribution in [1.82, 2.24) is 19.8 Å². The quantitative estimate of drug-likeness (QED) is 0.666. The van der Waals surface area contributed by atoms with Crippen LogP contribution in [0.15, 0.2) is 17.3 Å². The third-order valence-corrected chi connectivity index (χ3v) is 4.97. The summed E-state index contributed by atoms with van der Waals surface area (Å²) >= 11 is 0. The topological polar surface area (TPSA) is 76.0 Å². The molecule has 114 valence electrons. The van der Waals surface area contributed by atoms with E-state index in [2.05, 4.69) is 15.1 Å². The molecule has 0 saturated heterocycles. The lowest BCUT2D eigenvalue weighted by molar-refractivity contribution is 0.529. The zero-order chi connectivity index (χ0) is 14.6. The summed E-state index contributed by atoms with van der Waals surface area (Å²) in [7, 11) is -3.44. The van der Waals surface area contributed by atoms with Crippen molar-refractivity contribution >= 4 is 10.0 Å². The molecule has 1 aliphatic rings. The molecule has 0 radical (unpaired) electrons.